The lowest BCUT2D eigenvalue weighted by atomic mass is 10.1. The molecular weight excluding hydrogens is 170 g/mol. The van der Waals surface area contributed by atoms with Gasteiger partial charge in [0.1, 0.15) is 0 Å². The maximum absolute atomic E-state index is 3.98. The van der Waals surface area contributed by atoms with Gasteiger partial charge in [0.25, 0.3) is 0 Å². The minimum absolute atomic E-state index is 0.473. The smallest absolute Gasteiger partial charge is 0.0381 e. The van der Waals surface area contributed by atoms with Crippen molar-refractivity contribution in [3.63, 3.8) is 0 Å². The Morgan fingerprint density at radius 1 is 1.29 bits per heavy atom. The first kappa shape index (κ1) is 10.8. The zero-order chi connectivity index (χ0) is 10.6. The Morgan fingerprint density at radius 2 is 1.86 bits per heavy atom. The van der Waals surface area contributed by atoms with Gasteiger partial charge in [0, 0.05) is 11.4 Å². The predicted molar refractivity (Wildman–Crippen MR) is 63.4 cm³/mol. The quantitative estimate of drug-likeness (QED) is 0.759. The first-order valence-corrected chi connectivity index (χ1v) is 5.18. The van der Waals surface area contributed by atoms with Gasteiger partial charge in [-0.2, -0.15) is 0 Å². The van der Waals surface area contributed by atoms with Crippen LogP contribution in [0.5, 0.6) is 0 Å². The molecule has 1 rings (SSSR count). The summed E-state index contributed by atoms with van der Waals surface area (Å²) in [5.74, 6) is 0.473. The van der Waals surface area contributed by atoms with Gasteiger partial charge in [-0.05, 0) is 30.0 Å². The molecule has 0 aliphatic carbocycles. The second kappa shape index (κ2) is 4.85. The van der Waals surface area contributed by atoms with Crippen molar-refractivity contribution in [1.29, 1.82) is 0 Å². The van der Waals surface area contributed by atoms with Crippen molar-refractivity contribution in [3.8, 4) is 0 Å². The van der Waals surface area contributed by atoms with Gasteiger partial charge in [-0.15, -0.1) is 0 Å². The van der Waals surface area contributed by atoms with E-state index in [1.165, 1.54) is 5.56 Å². The van der Waals surface area contributed by atoms with E-state index in [0.717, 1.165) is 17.8 Å². The fourth-order valence-electron chi connectivity index (χ4n) is 1.15. The van der Waals surface area contributed by atoms with Gasteiger partial charge in [0.05, 0.1) is 0 Å². The van der Waals surface area contributed by atoms with Gasteiger partial charge < -0.3 is 5.32 Å². The van der Waals surface area contributed by atoms with E-state index in [1.54, 1.807) is 0 Å². The predicted octanol–water partition coefficient (Wildman–Crippen LogP) is 3.83. The molecule has 0 fully saturated rings. The zero-order valence-corrected chi connectivity index (χ0v) is 9.30. The second-order valence-electron chi connectivity index (χ2n) is 3.86. The summed E-state index contributed by atoms with van der Waals surface area (Å²) in [7, 11) is 0. The lowest BCUT2D eigenvalue weighted by Crippen LogP contribution is -2.04. The fraction of sp³-hybridized carbons (Fsp3) is 0.385. The number of allylic oxidation sites excluding steroid dienone is 1. The molecule has 0 heterocycles. The molecule has 1 heteroatoms. The van der Waals surface area contributed by atoms with Crippen LogP contribution in [-0.2, 0) is 6.42 Å². The number of rotatable bonds is 4. The molecule has 0 radical (unpaired) electrons. The minimum atomic E-state index is 0.473. The topological polar surface area (TPSA) is 12.0 Å². The highest BCUT2D eigenvalue weighted by molar-refractivity contribution is 5.49. The van der Waals surface area contributed by atoms with Crippen molar-refractivity contribution in [2.75, 3.05) is 5.32 Å². The highest BCUT2D eigenvalue weighted by atomic mass is 14.9. The Kier molecular flexibility index (Phi) is 3.75. The van der Waals surface area contributed by atoms with Crippen LogP contribution in [0.3, 0.4) is 0 Å². The van der Waals surface area contributed by atoms with Crippen LogP contribution in [0.15, 0.2) is 36.5 Å². The highest BCUT2D eigenvalue weighted by Gasteiger charge is 1.99. The molecule has 0 saturated carbocycles. The van der Waals surface area contributed by atoms with Gasteiger partial charge in [-0.25, -0.2) is 0 Å². The molecule has 1 N–H and O–H groups in total. The molecule has 0 amide bonds. The molecule has 0 spiro atoms. The van der Waals surface area contributed by atoms with Crippen molar-refractivity contribution in [2.24, 2.45) is 5.92 Å². The van der Waals surface area contributed by atoms with Crippen molar-refractivity contribution in [1.82, 2.24) is 0 Å². The number of hydrogen-bond acceptors (Lipinski definition) is 1. The number of aryl methyl sites for hydroxylation is 1. The minimum Gasteiger partial charge on any atom is -0.359 e. The van der Waals surface area contributed by atoms with E-state index >= 15 is 0 Å². The molecule has 76 valence electrons. The van der Waals surface area contributed by atoms with E-state index in [9.17, 15) is 0 Å². The van der Waals surface area contributed by atoms with Crippen molar-refractivity contribution < 1.29 is 0 Å². The first-order valence-electron chi connectivity index (χ1n) is 5.18. The molecule has 0 unspecified atom stereocenters. The van der Waals surface area contributed by atoms with E-state index in [4.69, 9.17) is 0 Å². The second-order valence-corrected chi connectivity index (χ2v) is 3.86. The zero-order valence-electron chi connectivity index (χ0n) is 9.30. The maximum Gasteiger partial charge on any atom is 0.0381 e. The Hall–Kier alpha value is -1.24. The van der Waals surface area contributed by atoms with Crippen molar-refractivity contribution in [2.45, 2.75) is 27.2 Å². The third kappa shape index (κ3) is 2.91. The van der Waals surface area contributed by atoms with E-state index in [2.05, 4.69) is 56.9 Å². The molecule has 0 bridgehead atoms. The number of hydrogen-bond donors (Lipinski definition) is 1. The molecule has 0 aliphatic rings. The van der Waals surface area contributed by atoms with Crippen LogP contribution in [0.4, 0.5) is 5.69 Å². The van der Waals surface area contributed by atoms with E-state index in [0.29, 0.717) is 5.92 Å². The monoisotopic (exact) mass is 189 g/mol. The number of nitrogens with one attached hydrogen (secondary N) is 1. The lowest BCUT2D eigenvalue weighted by Gasteiger charge is -2.12. The average molecular weight is 189 g/mol. The van der Waals surface area contributed by atoms with Gasteiger partial charge >= 0.3 is 0 Å². The molecular formula is C13H19N. The van der Waals surface area contributed by atoms with E-state index in [1.807, 2.05) is 0 Å². The SMILES string of the molecule is C=C(Nc1ccc(CC)cc1)C(C)C. The normalized spacial score (nSPS) is 10.3. The van der Waals surface area contributed by atoms with Gasteiger partial charge in [0.15, 0.2) is 0 Å². The fourth-order valence-corrected chi connectivity index (χ4v) is 1.15. The summed E-state index contributed by atoms with van der Waals surface area (Å²) in [6.45, 7) is 10.4. The molecule has 0 aliphatic heterocycles. The Morgan fingerprint density at radius 3 is 2.29 bits per heavy atom. The maximum atomic E-state index is 3.98. The first-order chi connectivity index (χ1) is 6.63. The van der Waals surface area contributed by atoms with Crippen LogP contribution < -0.4 is 5.32 Å². The van der Waals surface area contributed by atoms with Gasteiger partial charge in [0.2, 0.25) is 0 Å². The Labute approximate surface area is 86.8 Å². The Balaban J connectivity index is 2.64. The van der Waals surface area contributed by atoms with Crippen molar-refractivity contribution in [3.05, 3.63) is 42.1 Å². The van der Waals surface area contributed by atoms with Gasteiger partial charge in [-0.1, -0.05) is 39.5 Å². The summed E-state index contributed by atoms with van der Waals surface area (Å²) < 4.78 is 0. The Bertz CT molecular complexity index is 296. The van der Waals surface area contributed by atoms with E-state index in [-0.39, 0.29) is 0 Å². The summed E-state index contributed by atoms with van der Waals surface area (Å²) in [6.07, 6.45) is 1.09. The third-order valence-corrected chi connectivity index (χ3v) is 2.36. The summed E-state index contributed by atoms with van der Waals surface area (Å²) >= 11 is 0. The van der Waals surface area contributed by atoms with Crippen molar-refractivity contribution >= 4 is 5.69 Å². The summed E-state index contributed by atoms with van der Waals surface area (Å²) in [5.41, 5.74) is 3.56. The van der Waals surface area contributed by atoms with Crippen LogP contribution in [0.25, 0.3) is 0 Å². The van der Waals surface area contributed by atoms with Crippen LogP contribution >= 0.6 is 0 Å². The van der Waals surface area contributed by atoms with Crippen LogP contribution in [0.2, 0.25) is 0 Å². The van der Waals surface area contributed by atoms with Crippen LogP contribution in [-0.4, -0.2) is 0 Å². The molecule has 1 aromatic carbocycles. The largest absolute Gasteiger partial charge is 0.359 e. The molecule has 0 atom stereocenters. The lowest BCUT2D eigenvalue weighted by molar-refractivity contribution is 0.778. The third-order valence-electron chi connectivity index (χ3n) is 2.36. The molecule has 1 aromatic rings. The molecule has 0 aromatic heterocycles. The summed E-state index contributed by atoms with van der Waals surface area (Å²) in [5, 5.41) is 3.30. The van der Waals surface area contributed by atoms with Crippen LogP contribution in [0, 0.1) is 5.92 Å². The molecule has 14 heavy (non-hydrogen) atoms. The molecule has 0 saturated heterocycles. The standard InChI is InChI=1S/C13H19N/c1-5-12-6-8-13(9-7-12)14-11(4)10(2)3/h6-10,14H,4-5H2,1-3H3. The van der Waals surface area contributed by atoms with Crippen LogP contribution in [0.1, 0.15) is 26.3 Å². The summed E-state index contributed by atoms with van der Waals surface area (Å²) in [6, 6.07) is 8.50. The van der Waals surface area contributed by atoms with Gasteiger partial charge in [-0.3, -0.25) is 0 Å². The number of anilines is 1. The number of benzene rings is 1. The van der Waals surface area contributed by atoms with E-state index < -0.39 is 0 Å². The average Bonchev–Trinajstić information content (AvgIpc) is 2.19. The highest BCUT2D eigenvalue weighted by Crippen LogP contribution is 2.15. The summed E-state index contributed by atoms with van der Waals surface area (Å²) in [4.78, 5) is 0. The molecule has 1 nitrogen and oxygen atoms in total.